The third-order valence-corrected chi connectivity index (χ3v) is 5.76. The van der Waals surface area contributed by atoms with E-state index in [1.807, 2.05) is 0 Å². The SMILES string of the molecule is C[C@]1(C(F)(F)F)C([C@H](O)c2ccc(F)c(F)c2)O[C@@H](n2ccc3c(N)ncnc32)[C@@H]1O. The van der Waals surface area contributed by atoms with Crippen LogP contribution in [0.2, 0.25) is 0 Å². The first kappa shape index (κ1) is 21.4. The Balaban J connectivity index is 1.81. The van der Waals surface area contributed by atoms with Crippen molar-refractivity contribution in [2.75, 3.05) is 5.73 Å². The van der Waals surface area contributed by atoms with Crippen LogP contribution in [0.4, 0.5) is 27.8 Å². The van der Waals surface area contributed by atoms with Crippen LogP contribution in [-0.4, -0.2) is 43.1 Å². The molecule has 2 aromatic heterocycles. The van der Waals surface area contributed by atoms with Gasteiger partial charge in [-0.2, -0.15) is 13.2 Å². The van der Waals surface area contributed by atoms with Crippen LogP contribution in [0.15, 0.2) is 36.8 Å². The number of aliphatic hydroxyl groups is 2. The lowest BCUT2D eigenvalue weighted by atomic mass is 9.76. The van der Waals surface area contributed by atoms with Gasteiger partial charge in [-0.15, -0.1) is 0 Å². The number of anilines is 1. The van der Waals surface area contributed by atoms with Crippen LogP contribution in [0.3, 0.4) is 0 Å². The van der Waals surface area contributed by atoms with Gasteiger partial charge in [0.2, 0.25) is 0 Å². The van der Waals surface area contributed by atoms with Gasteiger partial charge in [0.15, 0.2) is 17.9 Å². The Bertz CT molecular complexity index is 1140. The molecule has 7 nitrogen and oxygen atoms in total. The zero-order valence-electron chi connectivity index (χ0n) is 15.9. The highest BCUT2D eigenvalue weighted by molar-refractivity contribution is 5.86. The van der Waals surface area contributed by atoms with E-state index in [0.29, 0.717) is 24.4 Å². The molecule has 12 heteroatoms. The number of hydrogen-bond donors (Lipinski definition) is 3. The van der Waals surface area contributed by atoms with Crippen molar-refractivity contribution in [1.29, 1.82) is 0 Å². The summed E-state index contributed by atoms with van der Waals surface area (Å²) < 4.78 is 75.9. The molecule has 0 bridgehead atoms. The Morgan fingerprint density at radius 1 is 1.19 bits per heavy atom. The Labute approximate surface area is 171 Å². The molecule has 0 spiro atoms. The fourth-order valence-corrected chi connectivity index (χ4v) is 3.85. The third kappa shape index (κ3) is 3.13. The average molecular weight is 444 g/mol. The van der Waals surface area contributed by atoms with Crippen molar-refractivity contribution in [2.24, 2.45) is 5.41 Å². The second-order valence-corrected chi connectivity index (χ2v) is 7.51. The summed E-state index contributed by atoms with van der Waals surface area (Å²) in [6, 6.07) is 3.66. The number of aliphatic hydroxyl groups excluding tert-OH is 2. The van der Waals surface area contributed by atoms with E-state index in [4.69, 9.17) is 10.5 Å². The highest BCUT2D eigenvalue weighted by Crippen LogP contribution is 2.56. The van der Waals surface area contributed by atoms with Crippen LogP contribution >= 0.6 is 0 Å². The number of halogens is 5. The molecule has 31 heavy (non-hydrogen) atoms. The summed E-state index contributed by atoms with van der Waals surface area (Å²) in [5.74, 6) is -2.49. The van der Waals surface area contributed by atoms with E-state index in [-0.39, 0.29) is 17.0 Å². The van der Waals surface area contributed by atoms with Crippen molar-refractivity contribution >= 4 is 16.9 Å². The fraction of sp³-hybridized carbons (Fsp3) is 0.368. The molecule has 166 valence electrons. The predicted molar refractivity (Wildman–Crippen MR) is 97.3 cm³/mol. The molecule has 1 unspecified atom stereocenters. The standard InChI is InChI=1S/C19H17F5N4O3/c1-18(19(22,23)24)13(30)17(28-5-4-9-15(25)26-7-27-16(9)28)31-14(18)12(29)8-2-3-10(20)11(21)6-8/h2-7,12-14,17,29-30H,1H3,(H2,25,26,27)/t12-,13+,14?,17-,18-/m1/s1. The number of fused-ring (bicyclic) bond motifs is 1. The van der Waals surface area contributed by atoms with E-state index < -0.39 is 47.8 Å². The molecule has 1 aliphatic rings. The number of benzene rings is 1. The van der Waals surface area contributed by atoms with Crippen molar-refractivity contribution in [3.63, 3.8) is 0 Å². The number of nitrogens with zero attached hydrogens (tertiary/aromatic N) is 3. The molecule has 0 radical (unpaired) electrons. The smallest absolute Gasteiger partial charge is 0.387 e. The third-order valence-electron chi connectivity index (χ3n) is 5.76. The Hall–Kier alpha value is -2.83. The number of nitrogens with two attached hydrogens (primary N) is 1. The monoisotopic (exact) mass is 444 g/mol. The van der Waals surface area contributed by atoms with E-state index in [2.05, 4.69) is 9.97 Å². The minimum absolute atomic E-state index is 0.0770. The van der Waals surface area contributed by atoms with Crippen LogP contribution in [0.25, 0.3) is 11.0 Å². The summed E-state index contributed by atoms with van der Waals surface area (Å²) in [4.78, 5) is 7.78. The van der Waals surface area contributed by atoms with E-state index >= 15 is 0 Å². The van der Waals surface area contributed by atoms with Crippen LogP contribution in [0.1, 0.15) is 24.8 Å². The Morgan fingerprint density at radius 2 is 1.90 bits per heavy atom. The number of ether oxygens (including phenoxy) is 1. The molecular formula is C19H17F5N4O3. The molecule has 0 amide bonds. The number of alkyl halides is 3. The first-order valence-electron chi connectivity index (χ1n) is 9.07. The van der Waals surface area contributed by atoms with Crippen molar-refractivity contribution in [3.8, 4) is 0 Å². The van der Waals surface area contributed by atoms with E-state index in [1.54, 1.807) is 0 Å². The minimum atomic E-state index is -5.03. The Kier molecular flexibility index (Phi) is 4.91. The second-order valence-electron chi connectivity index (χ2n) is 7.51. The zero-order valence-corrected chi connectivity index (χ0v) is 15.9. The van der Waals surface area contributed by atoms with Crippen molar-refractivity contribution in [3.05, 3.63) is 54.0 Å². The maximum atomic E-state index is 14.1. The molecule has 0 saturated carbocycles. The predicted octanol–water partition coefficient (Wildman–Crippen LogP) is 2.85. The van der Waals surface area contributed by atoms with E-state index in [1.165, 1.54) is 12.3 Å². The van der Waals surface area contributed by atoms with Gasteiger partial charge >= 0.3 is 6.18 Å². The molecular weight excluding hydrogens is 427 g/mol. The van der Waals surface area contributed by atoms with Gasteiger partial charge in [-0.1, -0.05) is 6.07 Å². The summed E-state index contributed by atoms with van der Waals surface area (Å²) in [5.41, 5.74) is 2.57. The van der Waals surface area contributed by atoms with Crippen LogP contribution in [0, 0.1) is 17.0 Å². The summed E-state index contributed by atoms with van der Waals surface area (Å²) in [6.45, 7) is 0.695. The lowest BCUT2D eigenvalue weighted by molar-refractivity contribution is -0.261. The van der Waals surface area contributed by atoms with Crippen LogP contribution in [-0.2, 0) is 4.74 Å². The molecule has 1 aliphatic heterocycles. The van der Waals surface area contributed by atoms with Crippen molar-refractivity contribution in [1.82, 2.24) is 14.5 Å². The molecule has 4 N–H and O–H groups in total. The van der Waals surface area contributed by atoms with Crippen LogP contribution < -0.4 is 5.73 Å². The van der Waals surface area contributed by atoms with Gasteiger partial charge in [-0.25, -0.2) is 18.7 Å². The number of nitrogen functional groups attached to an aromatic ring is 1. The summed E-state index contributed by atoms with van der Waals surface area (Å²) in [5, 5.41) is 21.7. The van der Waals surface area contributed by atoms with E-state index in [0.717, 1.165) is 17.0 Å². The lowest BCUT2D eigenvalue weighted by Gasteiger charge is -2.36. The highest BCUT2D eigenvalue weighted by atomic mass is 19.4. The van der Waals surface area contributed by atoms with Gasteiger partial charge in [-0.3, -0.25) is 0 Å². The van der Waals surface area contributed by atoms with Crippen molar-refractivity contribution < 1.29 is 36.9 Å². The quantitative estimate of drug-likeness (QED) is 0.537. The summed E-state index contributed by atoms with van der Waals surface area (Å²) in [6.07, 6.45) is -10.5. The van der Waals surface area contributed by atoms with Gasteiger partial charge < -0.3 is 25.3 Å². The largest absolute Gasteiger partial charge is 0.399 e. The highest BCUT2D eigenvalue weighted by Gasteiger charge is 2.69. The maximum Gasteiger partial charge on any atom is 0.399 e. The van der Waals surface area contributed by atoms with Gasteiger partial charge in [0.1, 0.15) is 41.5 Å². The van der Waals surface area contributed by atoms with Gasteiger partial charge in [0, 0.05) is 6.20 Å². The van der Waals surface area contributed by atoms with Gasteiger partial charge in [0.25, 0.3) is 0 Å². The number of hydrogen-bond acceptors (Lipinski definition) is 6. The molecule has 1 aromatic carbocycles. The molecule has 1 saturated heterocycles. The lowest BCUT2D eigenvalue weighted by Crippen LogP contribution is -2.51. The molecule has 3 aromatic rings. The zero-order chi connectivity index (χ0) is 22.7. The summed E-state index contributed by atoms with van der Waals surface area (Å²) >= 11 is 0. The normalized spacial score (nSPS) is 27.7. The Morgan fingerprint density at radius 3 is 2.55 bits per heavy atom. The molecule has 0 aliphatic carbocycles. The van der Waals surface area contributed by atoms with Crippen molar-refractivity contribution in [2.45, 2.75) is 37.6 Å². The minimum Gasteiger partial charge on any atom is -0.387 e. The molecule has 4 rings (SSSR count). The van der Waals surface area contributed by atoms with Gasteiger partial charge in [0.05, 0.1) is 5.39 Å². The molecule has 3 heterocycles. The molecule has 5 atom stereocenters. The number of rotatable bonds is 3. The molecule has 1 fully saturated rings. The number of aromatic nitrogens is 3. The topological polar surface area (TPSA) is 106 Å². The second kappa shape index (κ2) is 7.11. The van der Waals surface area contributed by atoms with Crippen LogP contribution in [0.5, 0.6) is 0 Å². The fourth-order valence-electron chi connectivity index (χ4n) is 3.85. The average Bonchev–Trinajstić information content (AvgIpc) is 3.24. The summed E-state index contributed by atoms with van der Waals surface area (Å²) in [7, 11) is 0. The first-order chi connectivity index (χ1) is 14.5. The first-order valence-corrected chi connectivity index (χ1v) is 9.07. The maximum absolute atomic E-state index is 14.1. The van der Waals surface area contributed by atoms with E-state index in [9.17, 15) is 32.2 Å². The van der Waals surface area contributed by atoms with Gasteiger partial charge in [-0.05, 0) is 30.7 Å².